The van der Waals surface area contributed by atoms with E-state index >= 15 is 0 Å². The second-order valence-electron chi connectivity index (χ2n) is 6.00. The highest BCUT2D eigenvalue weighted by Crippen LogP contribution is 2.24. The van der Waals surface area contributed by atoms with Crippen LogP contribution in [0.5, 0.6) is 0 Å². The number of nitrogens with zero attached hydrogens (tertiary/aromatic N) is 5. The summed E-state index contributed by atoms with van der Waals surface area (Å²) in [5, 5.41) is 10.5. The van der Waals surface area contributed by atoms with Crippen LogP contribution in [0.2, 0.25) is 0 Å². The lowest BCUT2D eigenvalue weighted by atomic mass is 10.2. The van der Waals surface area contributed by atoms with Gasteiger partial charge >= 0.3 is 0 Å². The van der Waals surface area contributed by atoms with Crippen molar-refractivity contribution in [3.05, 3.63) is 41.4 Å². The van der Waals surface area contributed by atoms with Gasteiger partial charge in [0.05, 0.1) is 24.2 Å². The highest BCUT2D eigenvalue weighted by Gasteiger charge is 2.27. The Bertz CT molecular complexity index is 763. The molecule has 0 radical (unpaired) electrons. The van der Waals surface area contributed by atoms with E-state index in [2.05, 4.69) is 33.3 Å². The maximum atomic E-state index is 5.43. The fraction of sp³-hybridized carbons (Fsp3) is 0.438. The molecule has 0 aromatic carbocycles. The summed E-state index contributed by atoms with van der Waals surface area (Å²) in [6.07, 6.45) is 6.39. The summed E-state index contributed by atoms with van der Waals surface area (Å²) in [4.78, 5) is 8.00. The number of hydrogen-bond acceptors (Lipinski definition) is 6. The summed E-state index contributed by atoms with van der Waals surface area (Å²) >= 11 is 1.63. The molecular weight excluding hydrogens is 310 g/mol. The quantitative estimate of drug-likeness (QED) is 0.720. The first-order chi connectivity index (χ1) is 11.3. The number of aromatic nitrogens is 4. The van der Waals surface area contributed by atoms with Crippen molar-refractivity contribution < 1.29 is 4.52 Å². The van der Waals surface area contributed by atoms with Crippen molar-refractivity contribution >= 4 is 11.3 Å². The van der Waals surface area contributed by atoms with Crippen molar-refractivity contribution in [3.8, 4) is 10.7 Å². The third-order valence-corrected chi connectivity index (χ3v) is 5.07. The average molecular weight is 329 g/mol. The molecule has 0 spiro atoms. The second kappa shape index (κ2) is 6.25. The first-order valence-corrected chi connectivity index (χ1v) is 8.75. The van der Waals surface area contributed by atoms with Crippen molar-refractivity contribution in [1.29, 1.82) is 0 Å². The molecule has 23 heavy (non-hydrogen) atoms. The third-order valence-electron chi connectivity index (χ3n) is 4.21. The molecular formula is C16H19N5OS. The predicted molar refractivity (Wildman–Crippen MR) is 88.0 cm³/mol. The number of likely N-dealkylation sites (tertiary alicyclic amines) is 1. The van der Waals surface area contributed by atoms with E-state index in [0.717, 1.165) is 18.0 Å². The van der Waals surface area contributed by atoms with Crippen LogP contribution in [0.25, 0.3) is 10.7 Å². The Morgan fingerprint density at radius 2 is 2.39 bits per heavy atom. The van der Waals surface area contributed by atoms with Crippen LogP contribution in [0.1, 0.15) is 24.3 Å². The zero-order chi connectivity index (χ0) is 15.6. The van der Waals surface area contributed by atoms with Crippen LogP contribution in [-0.2, 0) is 13.1 Å². The van der Waals surface area contributed by atoms with E-state index < -0.39 is 0 Å². The lowest BCUT2D eigenvalue weighted by molar-refractivity contribution is 0.192. The van der Waals surface area contributed by atoms with Crippen LogP contribution < -0.4 is 0 Å². The van der Waals surface area contributed by atoms with Crippen molar-refractivity contribution in [2.75, 3.05) is 6.54 Å². The summed E-state index contributed by atoms with van der Waals surface area (Å²) in [6.45, 7) is 4.77. The van der Waals surface area contributed by atoms with Gasteiger partial charge in [-0.3, -0.25) is 9.58 Å². The molecule has 4 heterocycles. The van der Waals surface area contributed by atoms with Crippen LogP contribution >= 0.6 is 11.3 Å². The fourth-order valence-electron chi connectivity index (χ4n) is 3.09. The van der Waals surface area contributed by atoms with Crippen molar-refractivity contribution in [1.82, 2.24) is 24.8 Å². The highest BCUT2D eigenvalue weighted by molar-refractivity contribution is 7.13. The summed E-state index contributed by atoms with van der Waals surface area (Å²) < 4.78 is 7.47. The molecule has 0 unspecified atom stereocenters. The van der Waals surface area contributed by atoms with E-state index in [4.69, 9.17) is 4.52 Å². The summed E-state index contributed by atoms with van der Waals surface area (Å²) in [6, 6.07) is 4.49. The Hall–Kier alpha value is -1.99. The van der Waals surface area contributed by atoms with E-state index in [1.807, 2.05) is 28.4 Å². The van der Waals surface area contributed by atoms with E-state index in [1.165, 1.54) is 18.4 Å². The summed E-state index contributed by atoms with van der Waals surface area (Å²) in [7, 11) is 0. The van der Waals surface area contributed by atoms with Gasteiger partial charge in [-0.25, -0.2) is 0 Å². The third kappa shape index (κ3) is 3.20. The molecule has 3 aromatic heterocycles. The van der Waals surface area contributed by atoms with E-state index in [1.54, 1.807) is 11.3 Å². The molecule has 0 amide bonds. The average Bonchev–Trinajstić information content (AvgIpc) is 3.29. The SMILES string of the molecule is Cc1cnn(C[C@@H]2CCCN2Cc2nc(-c3cccs3)no2)c1. The van der Waals surface area contributed by atoms with E-state index in [9.17, 15) is 0 Å². The lowest BCUT2D eigenvalue weighted by Gasteiger charge is -2.22. The first kappa shape index (κ1) is 14.6. The Kier molecular flexibility index (Phi) is 3.97. The van der Waals surface area contributed by atoms with Gasteiger partial charge in [-0.1, -0.05) is 11.2 Å². The Labute approximate surface area is 138 Å². The molecule has 3 aromatic rings. The topological polar surface area (TPSA) is 60.0 Å². The van der Waals surface area contributed by atoms with E-state index in [-0.39, 0.29) is 0 Å². The van der Waals surface area contributed by atoms with Gasteiger partial charge in [-0.2, -0.15) is 10.1 Å². The monoisotopic (exact) mass is 329 g/mol. The second-order valence-corrected chi connectivity index (χ2v) is 6.94. The van der Waals surface area contributed by atoms with Gasteiger partial charge in [-0.15, -0.1) is 11.3 Å². The summed E-state index contributed by atoms with van der Waals surface area (Å²) in [5.74, 6) is 1.38. The Morgan fingerprint density at radius 1 is 1.43 bits per heavy atom. The molecule has 1 aliphatic rings. The zero-order valence-corrected chi connectivity index (χ0v) is 13.9. The predicted octanol–water partition coefficient (Wildman–Crippen LogP) is 2.97. The molecule has 0 N–H and O–H groups in total. The minimum atomic E-state index is 0.478. The Morgan fingerprint density at radius 3 is 3.17 bits per heavy atom. The molecule has 1 aliphatic heterocycles. The van der Waals surface area contributed by atoms with Crippen molar-refractivity contribution in [2.24, 2.45) is 0 Å². The van der Waals surface area contributed by atoms with Crippen molar-refractivity contribution in [2.45, 2.75) is 38.9 Å². The molecule has 0 saturated carbocycles. The Balaban J connectivity index is 1.43. The van der Waals surface area contributed by atoms with Crippen LogP contribution in [0.15, 0.2) is 34.4 Å². The minimum Gasteiger partial charge on any atom is -0.338 e. The van der Waals surface area contributed by atoms with Gasteiger partial charge in [0.25, 0.3) is 0 Å². The maximum Gasteiger partial charge on any atom is 0.241 e. The van der Waals surface area contributed by atoms with Gasteiger partial charge in [0.1, 0.15) is 0 Å². The van der Waals surface area contributed by atoms with Gasteiger partial charge < -0.3 is 4.52 Å². The standard InChI is InChI=1S/C16H19N5OS/c1-12-8-17-21(9-12)10-13-4-2-6-20(13)11-15-18-16(19-22-15)14-5-3-7-23-14/h3,5,7-9,13H,2,4,6,10-11H2,1H3/t13-/m0/s1. The smallest absolute Gasteiger partial charge is 0.241 e. The molecule has 7 heteroatoms. The number of hydrogen-bond donors (Lipinski definition) is 0. The molecule has 4 rings (SSSR count). The number of rotatable bonds is 5. The number of aryl methyl sites for hydroxylation is 1. The maximum absolute atomic E-state index is 5.43. The van der Waals surface area contributed by atoms with Crippen LogP contribution in [-0.4, -0.2) is 37.4 Å². The number of thiophene rings is 1. The van der Waals surface area contributed by atoms with Crippen LogP contribution in [0.4, 0.5) is 0 Å². The fourth-order valence-corrected chi connectivity index (χ4v) is 3.74. The van der Waals surface area contributed by atoms with Gasteiger partial charge in [0.2, 0.25) is 11.7 Å². The molecule has 6 nitrogen and oxygen atoms in total. The minimum absolute atomic E-state index is 0.478. The molecule has 0 aliphatic carbocycles. The summed E-state index contributed by atoms with van der Waals surface area (Å²) in [5.41, 5.74) is 1.20. The van der Waals surface area contributed by atoms with Gasteiger partial charge in [0.15, 0.2) is 0 Å². The van der Waals surface area contributed by atoms with Crippen molar-refractivity contribution in [3.63, 3.8) is 0 Å². The molecule has 1 fully saturated rings. The molecule has 0 bridgehead atoms. The van der Waals surface area contributed by atoms with Crippen LogP contribution in [0.3, 0.4) is 0 Å². The van der Waals surface area contributed by atoms with E-state index in [0.29, 0.717) is 24.3 Å². The molecule has 1 saturated heterocycles. The van der Waals surface area contributed by atoms with Gasteiger partial charge in [0, 0.05) is 12.2 Å². The highest BCUT2D eigenvalue weighted by atomic mass is 32.1. The first-order valence-electron chi connectivity index (χ1n) is 7.87. The molecule has 1 atom stereocenters. The lowest BCUT2D eigenvalue weighted by Crippen LogP contribution is -2.32. The van der Waals surface area contributed by atoms with Gasteiger partial charge in [-0.05, 0) is 43.3 Å². The normalized spacial score (nSPS) is 18.7. The largest absolute Gasteiger partial charge is 0.338 e. The van der Waals surface area contributed by atoms with Crippen LogP contribution in [0, 0.1) is 6.92 Å². The zero-order valence-electron chi connectivity index (χ0n) is 13.1. The molecule has 120 valence electrons.